The molecule has 0 radical (unpaired) electrons. The van der Waals surface area contributed by atoms with Gasteiger partial charge >= 0.3 is 0 Å². The fourth-order valence-electron chi connectivity index (χ4n) is 4.68. The molecular formula is C23H31N3O2. The molecule has 3 rings (SSSR count). The molecule has 0 aromatic carbocycles. The van der Waals surface area contributed by atoms with Gasteiger partial charge in [-0.05, 0) is 44.2 Å². The lowest BCUT2D eigenvalue weighted by Gasteiger charge is -2.41. The smallest absolute Gasteiger partial charge is 0.227 e. The minimum atomic E-state index is -0.180. The van der Waals surface area contributed by atoms with Crippen molar-refractivity contribution in [2.45, 2.75) is 50.5 Å². The predicted molar refractivity (Wildman–Crippen MR) is 111 cm³/mol. The maximum Gasteiger partial charge on any atom is 0.227 e. The van der Waals surface area contributed by atoms with Crippen LogP contribution < -0.4 is 0 Å². The van der Waals surface area contributed by atoms with Crippen LogP contribution >= 0.6 is 0 Å². The van der Waals surface area contributed by atoms with Gasteiger partial charge in [0.2, 0.25) is 11.8 Å². The van der Waals surface area contributed by atoms with Crippen LogP contribution in [0, 0.1) is 5.92 Å². The number of piperidine rings is 1. The molecule has 1 atom stereocenters. The molecule has 5 heteroatoms. The summed E-state index contributed by atoms with van der Waals surface area (Å²) in [6.07, 6.45) is 11.0. The molecule has 2 aliphatic heterocycles. The summed E-state index contributed by atoms with van der Waals surface area (Å²) in [5.74, 6) is 0.218. The monoisotopic (exact) mass is 381 g/mol. The molecular weight excluding hydrogens is 350 g/mol. The third-order valence-electron chi connectivity index (χ3n) is 6.12. The van der Waals surface area contributed by atoms with Gasteiger partial charge in [-0.1, -0.05) is 18.2 Å². The minimum Gasteiger partial charge on any atom is -0.342 e. The highest BCUT2D eigenvalue weighted by atomic mass is 16.2. The van der Waals surface area contributed by atoms with E-state index in [0.717, 1.165) is 37.9 Å². The van der Waals surface area contributed by atoms with E-state index in [1.807, 2.05) is 35.3 Å². The summed E-state index contributed by atoms with van der Waals surface area (Å²) in [5, 5.41) is 0. The van der Waals surface area contributed by atoms with Crippen LogP contribution in [0.5, 0.6) is 0 Å². The van der Waals surface area contributed by atoms with E-state index in [9.17, 15) is 9.59 Å². The van der Waals surface area contributed by atoms with Crippen LogP contribution in [0.2, 0.25) is 0 Å². The van der Waals surface area contributed by atoms with Crippen molar-refractivity contribution in [1.82, 2.24) is 14.8 Å². The van der Waals surface area contributed by atoms with E-state index in [1.54, 1.807) is 6.20 Å². The van der Waals surface area contributed by atoms with E-state index < -0.39 is 0 Å². The zero-order valence-electron chi connectivity index (χ0n) is 16.7. The van der Waals surface area contributed by atoms with E-state index in [1.165, 1.54) is 0 Å². The van der Waals surface area contributed by atoms with Gasteiger partial charge in [0.25, 0.3) is 0 Å². The van der Waals surface area contributed by atoms with Crippen LogP contribution in [-0.4, -0.2) is 51.8 Å². The molecule has 2 aliphatic rings. The molecule has 0 N–H and O–H groups in total. The van der Waals surface area contributed by atoms with E-state index >= 15 is 0 Å². The van der Waals surface area contributed by atoms with Crippen LogP contribution in [0.25, 0.3) is 0 Å². The lowest BCUT2D eigenvalue weighted by molar-refractivity contribution is -0.145. The number of carbonyl (C=O) groups excluding carboxylic acids is 2. The van der Waals surface area contributed by atoms with Gasteiger partial charge in [-0.15, -0.1) is 13.2 Å². The molecule has 150 valence electrons. The lowest BCUT2D eigenvalue weighted by Crippen LogP contribution is -2.53. The van der Waals surface area contributed by atoms with Crippen LogP contribution in [-0.2, 0) is 16.0 Å². The molecule has 2 amide bonds. The molecule has 1 aromatic heterocycles. The summed E-state index contributed by atoms with van der Waals surface area (Å²) in [6, 6.07) is 5.82. The first kappa shape index (κ1) is 20.3. The van der Waals surface area contributed by atoms with Crippen molar-refractivity contribution in [3.63, 3.8) is 0 Å². The number of hydrogen-bond donors (Lipinski definition) is 0. The van der Waals surface area contributed by atoms with Crippen molar-refractivity contribution >= 4 is 11.8 Å². The predicted octanol–water partition coefficient (Wildman–Crippen LogP) is 3.38. The van der Waals surface area contributed by atoms with Crippen molar-refractivity contribution in [3.8, 4) is 0 Å². The van der Waals surface area contributed by atoms with Crippen molar-refractivity contribution in [2.24, 2.45) is 5.92 Å². The number of amides is 2. The lowest BCUT2D eigenvalue weighted by atomic mass is 9.86. The van der Waals surface area contributed by atoms with E-state index in [-0.39, 0.29) is 23.3 Å². The summed E-state index contributed by atoms with van der Waals surface area (Å²) in [7, 11) is 0. The Morgan fingerprint density at radius 2 is 2.07 bits per heavy atom. The highest BCUT2D eigenvalue weighted by Gasteiger charge is 2.44. The first-order chi connectivity index (χ1) is 13.6. The first-order valence-corrected chi connectivity index (χ1v) is 10.3. The van der Waals surface area contributed by atoms with Gasteiger partial charge < -0.3 is 9.80 Å². The van der Waals surface area contributed by atoms with Gasteiger partial charge in [0.15, 0.2) is 0 Å². The Morgan fingerprint density at radius 3 is 2.75 bits per heavy atom. The molecule has 3 heterocycles. The Bertz CT molecular complexity index is 706. The summed E-state index contributed by atoms with van der Waals surface area (Å²) in [5.41, 5.74) is 0.792. The van der Waals surface area contributed by atoms with Gasteiger partial charge in [-0.25, -0.2) is 0 Å². The maximum atomic E-state index is 13.4. The van der Waals surface area contributed by atoms with Crippen LogP contribution in [0.3, 0.4) is 0 Å². The molecule has 0 spiro atoms. The Kier molecular flexibility index (Phi) is 6.65. The Balaban J connectivity index is 1.66. The van der Waals surface area contributed by atoms with E-state index in [2.05, 4.69) is 23.0 Å². The highest BCUT2D eigenvalue weighted by Crippen LogP contribution is 2.38. The van der Waals surface area contributed by atoms with Crippen LogP contribution in [0.1, 0.15) is 44.2 Å². The highest BCUT2D eigenvalue weighted by molar-refractivity contribution is 5.84. The fraction of sp³-hybridized carbons (Fsp3) is 0.522. The van der Waals surface area contributed by atoms with E-state index in [0.29, 0.717) is 32.4 Å². The van der Waals surface area contributed by atoms with Gasteiger partial charge in [0, 0.05) is 49.9 Å². The third-order valence-corrected chi connectivity index (χ3v) is 6.12. The van der Waals surface area contributed by atoms with Crippen LogP contribution in [0.15, 0.2) is 49.7 Å². The number of hydrogen-bond acceptors (Lipinski definition) is 3. The van der Waals surface area contributed by atoms with Gasteiger partial charge in [-0.3, -0.25) is 14.6 Å². The van der Waals surface area contributed by atoms with Gasteiger partial charge in [-0.2, -0.15) is 0 Å². The largest absolute Gasteiger partial charge is 0.342 e. The average Bonchev–Trinajstić information content (AvgIpc) is 3.11. The standard InChI is InChI=1S/C23H31N3O2/c1-3-12-23(13-4-2)14-7-16-26(23)22(28)19-9-10-21(27)25(18-19)17-11-20-8-5-6-15-24-20/h3-6,8,15,19H,1-2,7,9-14,16-18H2/t19-/m0/s1. The molecule has 0 unspecified atom stereocenters. The zero-order valence-corrected chi connectivity index (χ0v) is 16.7. The Labute approximate surface area is 168 Å². The SMILES string of the molecule is C=CCC1(CC=C)CCCN1C(=O)[C@H]1CCC(=O)N(CCc2ccccn2)C1. The number of nitrogens with zero attached hydrogens (tertiary/aromatic N) is 3. The summed E-state index contributed by atoms with van der Waals surface area (Å²) in [4.78, 5) is 34.0. The molecule has 0 bridgehead atoms. The Hall–Kier alpha value is -2.43. The van der Waals surface area contributed by atoms with Crippen molar-refractivity contribution in [2.75, 3.05) is 19.6 Å². The number of likely N-dealkylation sites (tertiary alicyclic amines) is 2. The Morgan fingerprint density at radius 1 is 1.29 bits per heavy atom. The van der Waals surface area contributed by atoms with Crippen molar-refractivity contribution in [3.05, 3.63) is 55.4 Å². The quantitative estimate of drug-likeness (QED) is 0.649. The van der Waals surface area contributed by atoms with E-state index in [4.69, 9.17) is 0 Å². The molecule has 1 aromatic rings. The molecule has 2 fully saturated rings. The third kappa shape index (κ3) is 4.34. The molecule has 0 saturated carbocycles. The van der Waals surface area contributed by atoms with Crippen molar-refractivity contribution in [1.29, 1.82) is 0 Å². The average molecular weight is 382 g/mol. The summed E-state index contributed by atoms with van der Waals surface area (Å²) >= 11 is 0. The first-order valence-electron chi connectivity index (χ1n) is 10.3. The number of aromatic nitrogens is 1. The number of pyridine rings is 1. The topological polar surface area (TPSA) is 53.5 Å². The second kappa shape index (κ2) is 9.18. The summed E-state index contributed by atoms with van der Waals surface area (Å²) in [6.45, 7) is 9.72. The molecule has 2 saturated heterocycles. The minimum absolute atomic E-state index is 0.117. The molecule has 0 aliphatic carbocycles. The van der Waals surface area contributed by atoms with Crippen LogP contribution in [0.4, 0.5) is 0 Å². The maximum absolute atomic E-state index is 13.4. The molecule has 5 nitrogen and oxygen atoms in total. The number of carbonyl (C=O) groups is 2. The summed E-state index contributed by atoms with van der Waals surface area (Å²) < 4.78 is 0. The molecule has 28 heavy (non-hydrogen) atoms. The second-order valence-corrected chi connectivity index (χ2v) is 7.95. The van der Waals surface area contributed by atoms with Crippen molar-refractivity contribution < 1.29 is 9.59 Å². The number of rotatable bonds is 8. The fourth-order valence-corrected chi connectivity index (χ4v) is 4.68. The van der Waals surface area contributed by atoms with Gasteiger partial charge in [0.05, 0.1) is 5.92 Å². The zero-order chi connectivity index (χ0) is 20.0. The van der Waals surface area contributed by atoms with Gasteiger partial charge in [0.1, 0.15) is 0 Å². The normalized spacial score (nSPS) is 21.6. The second-order valence-electron chi connectivity index (χ2n) is 7.95.